The van der Waals surface area contributed by atoms with Gasteiger partial charge in [-0.1, -0.05) is 30.3 Å². The highest BCUT2D eigenvalue weighted by Crippen LogP contribution is 2.15. The lowest BCUT2D eigenvalue weighted by molar-refractivity contribution is -0.112. The summed E-state index contributed by atoms with van der Waals surface area (Å²) in [6, 6.07) is 13.9. The molecule has 22 heavy (non-hydrogen) atoms. The summed E-state index contributed by atoms with van der Waals surface area (Å²) in [6.45, 7) is 3.70. The first-order valence-electron chi connectivity index (χ1n) is 6.86. The predicted molar refractivity (Wildman–Crippen MR) is 86.9 cm³/mol. The maximum atomic E-state index is 12.2. The van der Waals surface area contributed by atoms with Gasteiger partial charge in [0.15, 0.2) is 0 Å². The molecular formula is C18H17NO3. The molecule has 0 saturated heterocycles. The van der Waals surface area contributed by atoms with Gasteiger partial charge in [0.1, 0.15) is 0 Å². The Morgan fingerprint density at radius 2 is 1.82 bits per heavy atom. The van der Waals surface area contributed by atoms with E-state index < -0.39 is 5.97 Å². The molecule has 0 heterocycles. The smallest absolute Gasteiger partial charge is 0.335 e. The van der Waals surface area contributed by atoms with Crippen LogP contribution in [0.25, 0.3) is 6.08 Å². The molecule has 2 N–H and O–H groups in total. The number of anilines is 1. The van der Waals surface area contributed by atoms with Gasteiger partial charge in [0.05, 0.1) is 5.56 Å². The van der Waals surface area contributed by atoms with E-state index in [1.54, 1.807) is 19.1 Å². The van der Waals surface area contributed by atoms with Gasteiger partial charge in [-0.05, 0) is 49.2 Å². The minimum Gasteiger partial charge on any atom is -0.478 e. The maximum absolute atomic E-state index is 12.2. The average molecular weight is 295 g/mol. The van der Waals surface area contributed by atoms with Crippen LogP contribution in [0.5, 0.6) is 0 Å². The summed E-state index contributed by atoms with van der Waals surface area (Å²) in [5, 5.41) is 11.7. The van der Waals surface area contributed by atoms with Crippen LogP contribution >= 0.6 is 0 Å². The van der Waals surface area contributed by atoms with E-state index in [0.29, 0.717) is 11.3 Å². The molecule has 0 spiro atoms. The molecule has 0 radical (unpaired) electrons. The van der Waals surface area contributed by atoms with Crippen molar-refractivity contribution in [2.45, 2.75) is 13.8 Å². The van der Waals surface area contributed by atoms with E-state index in [2.05, 4.69) is 5.32 Å². The minimum atomic E-state index is -1.02. The molecule has 2 aromatic carbocycles. The molecule has 0 fully saturated rings. The summed E-state index contributed by atoms with van der Waals surface area (Å²) < 4.78 is 0. The van der Waals surface area contributed by atoms with Crippen molar-refractivity contribution in [2.75, 3.05) is 5.32 Å². The van der Waals surface area contributed by atoms with Crippen LogP contribution in [0.3, 0.4) is 0 Å². The number of rotatable bonds is 4. The molecular weight excluding hydrogens is 278 g/mol. The lowest BCUT2D eigenvalue weighted by Crippen LogP contribution is -2.13. The zero-order valence-electron chi connectivity index (χ0n) is 12.5. The van der Waals surface area contributed by atoms with Crippen LogP contribution in [0.15, 0.2) is 54.1 Å². The van der Waals surface area contributed by atoms with Crippen LogP contribution in [-0.2, 0) is 4.79 Å². The van der Waals surface area contributed by atoms with E-state index in [-0.39, 0.29) is 11.5 Å². The molecule has 112 valence electrons. The number of benzene rings is 2. The number of aryl methyl sites for hydroxylation is 1. The van der Waals surface area contributed by atoms with Crippen molar-refractivity contribution in [2.24, 2.45) is 0 Å². The topological polar surface area (TPSA) is 66.4 Å². The highest BCUT2D eigenvalue weighted by Gasteiger charge is 2.08. The van der Waals surface area contributed by atoms with Crippen LogP contribution < -0.4 is 5.32 Å². The van der Waals surface area contributed by atoms with Crippen LogP contribution in [0, 0.1) is 6.92 Å². The van der Waals surface area contributed by atoms with Crippen molar-refractivity contribution in [1.82, 2.24) is 0 Å². The molecule has 4 heteroatoms. The second-order valence-corrected chi connectivity index (χ2v) is 5.02. The van der Waals surface area contributed by atoms with Crippen molar-refractivity contribution >= 4 is 23.6 Å². The molecule has 2 aromatic rings. The van der Waals surface area contributed by atoms with Gasteiger partial charge >= 0.3 is 5.97 Å². The van der Waals surface area contributed by atoms with E-state index in [9.17, 15) is 9.59 Å². The molecule has 0 atom stereocenters. The molecule has 0 aromatic heterocycles. The third kappa shape index (κ3) is 3.82. The summed E-state index contributed by atoms with van der Waals surface area (Å²) in [6.07, 6.45) is 1.81. The third-order valence-electron chi connectivity index (χ3n) is 3.29. The number of carboxylic acid groups (broad SMARTS) is 1. The Morgan fingerprint density at radius 3 is 2.50 bits per heavy atom. The first-order chi connectivity index (χ1) is 10.5. The Kier molecular flexibility index (Phi) is 4.73. The van der Waals surface area contributed by atoms with E-state index in [0.717, 1.165) is 11.1 Å². The van der Waals surface area contributed by atoms with Gasteiger partial charge in [0, 0.05) is 11.3 Å². The maximum Gasteiger partial charge on any atom is 0.335 e. The second kappa shape index (κ2) is 6.72. The fraction of sp³-hybridized carbons (Fsp3) is 0.111. The number of carbonyl (C=O) groups is 2. The number of nitrogens with one attached hydrogen (secondary N) is 1. The summed E-state index contributed by atoms with van der Waals surface area (Å²) in [7, 11) is 0. The molecule has 1 amide bonds. The number of aromatic carboxylic acids is 1. The van der Waals surface area contributed by atoms with Gasteiger partial charge in [-0.2, -0.15) is 0 Å². The lowest BCUT2D eigenvalue weighted by atomic mass is 10.1. The second-order valence-electron chi connectivity index (χ2n) is 5.02. The first kappa shape index (κ1) is 15.5. The van der Waals surface area contributed by atoms with Gasteiger partial charge in [-0.25, -0.2) is 4.79 Å². The van der Waals surface area contributed by atoms with Crippen LogP contribution in [0.2, 0.25) is 0 Å². The average Bonchev–Trinajstić information content (AvgIpc) is 2.49. The number of carbonyl (C=O) groups excluding carboxylic acids is 1. The summed E-state index contributed by atoms with van der Waals surface area (Å²) in [5.41, 5.74) is 3.22. The van der Waals surface area contributed by atoms with Gasteiger partial charge in [0.25, 0.3) is 5.91 Å². The fourth-order valence-corrected chi connectivity index (χ4v) is 2.01. The Hall–Kier alpha value is -2.88. The molecule has 0 saturated carbocycles. The van der Waals surface area contributed by atoms with E-state index in [1.807, 2.05) is 37.3 Å². The fourth-order valence-electron chi connectivity index (χ4n) is 2.01. The number of hydrogen-bond donors (Lipinski definition) is 2. The molecule has 0 aliphatic carbocycles. The minimum absolute atomic E-state index is 0.137. The van der Waals surface area contributed by atoms with Gasteiger partial charge in [-0.15, -0.1) is 0 Å². The van der Waals surface area contributed by atoms with E-state index in [1.165, 1.54) is 12.1 Å². The standard InChI is InChI=1S/C18H17NO3/c1-12-6-3-4-7-14(12)10-13(2)17(20)19-16-9-5-8-15(11-16)18(21)22/h3-11H,1-2H3,(H,19,20)(H,21,22)/b13-10+. The molecule has 2 rings (SSSR count). The molecule has 0 aliphatic heterocycles. The highest BCUT2D eigenvalue weighted by atomic mass is 16.4. The Labute approximate surface area is 129 Å². The zero-order valence-corrected chi connectivity index (χ0v) is 12.5. The third-order valence-corrected chi connectivity index (χ3v) is 3.29. The van der Waals surface area contributed by atoms with Gasteiger partial charge in [0.2, 0.25) is 0 Å². The monoisotopic (exact) mass is 295 g/mol. The van der Waals surface area contributed by atoms with Crippen molar-refractivity contribution in [3.05, 3.63) is 70.8 Å². The molecule has 4 nitrogen and oxygen atoms in total. The summed E-state index contributed by atoms with van der Waals surface area (Å²) in [5.74, 6) is -1.28. The summed E-state index contributed by atoms with van der Waals surface area (Å²) in [4.78, 5) is 23.1. The largest absolute Gasteiger partial charge is 0.478 e. The van der Waals surface area contributed by atoms with Gasteiger partial charge in [-0.3, -0.25) is 4.79 Å². The zero-order chi connectivity index (χ0) is 16.1. The normalized spacial score (nSPS) is 11.1. The molecule has 0 bridgehead atoms. The van der Waals surface area contributed by atoms with E-state index in [4.69, 9.17) is 5.11 Å². The predicted octanol–water partition coefficient (Wildman–Crippen LogP) is 3.74. The highest BCUT2D eigenvalue weighted by molar-refractivity contribution is 6.06. The lowest BCUT2D eigenvalue weighted by Gasteiger charge is -2.07. The van der Waals surface area contributed by atoms with Crippen molar-refractivity contribution in [3.63, 3.8) is 0 Å². The molecule has 0 unspecified atom stereocenters. The number of amides is 1. The van der Waals surface area contributed by atoms with Gasteiger partial charge < -0.3 is 10.4 Å². The molecule has 0 aliphatic rings. The Balaban J connectivity index is 2.17. The Morgan fingerprint density at radius 1 is 1.09 bits per heavy atom. The van der Waals surface area contributed by atoms with E-state index >= 15 is 0 Å². The number of carboxylic acids is 1. The van der Waals surface area contributed by atoms with Crippen LogP contribution in [0.1, 0.15) is 28.4 Å². The van der Waals surface area contributed by atoms with Crippen molar-refractivity contribution in [1.29, 1.82) is 0 Å². The SMILES string of the molecule is C/C(=C\c1ccccc1C)C(=O)Nc1cccc(C(=O)O)c1. The van der Waals surface area contributed by atoms with Crippen LogP contribution in [0.4, 0.5) is 5.69 Å². The van der Waals surface area contributed by atoms with Crippen molar-refractivity contribution in [3.8, 4) is 0 Å². The van der Waals surface area contributed by atoms with Crippen molar-refractivity contribution < 1.29 is 14.7 Å². The quantitative estimate of drug-likeness (QED) is 0.844. The summed E-state index contributed by atoms with van der Waals surface area (Å²) >= 11 is 0. The first-order valence-corrected chi connectivity index (χ1v) is 6.86. The van der Waals surface area contributed by atoms with Crippen LogP contribution in [-0.4, -0.2) is 17.0 Å². The Bertz CT molecular complexity index is 748. The number of hydrogen-bond acceptors (Lipinski definition) is 2.